The summed E-state index contributed by atoms with van der Waals surface area (Å²) < 4.78 is 7.33. The molecule has 0 aliphatic rings. The van der Waals surface area contributed by atoms with Crippen LogP contribution in [-0.2, 0) is 11.2 Å². The predicted molar refractivity (Wildman–Crippen MR) is 85.5 cm³/mol. The Labute approximate surface area is 131 Å². The third kappa shape index (κ3) is 2.71. The van der Waals surface area contributed by atoms with Crippen molar-refractivity contribution in [2.75, 3.05) is 5.32 Å². The second kappa shape index (κ2) is 5.17. The second-order valence-electron chi connectivity index (χ2n) is 6.08. The fraction of sp³-hybridized carbons (Fsp3) is 0.333. The van der Waals surface area contributed by atoms with Gasteiger partial charge in [-0.2, -0.15) is 0 Å². The number of fused-ring (bicyclic) bond motifs is 1. The van der Waals surface area contributed by atoms with E-state index in [1.807, 2.05) is 42.7 Å². The number of carbonyl (C=O) groups is 1. The summed E-state index contributed by atoms with van der Waals surface area (Å²) in [6.07, 6.45) is 1.55. The molecule has 0 fully saturated rings. The van der Waals surface area contributed by atoms with Crippen molar-refractivity contribution in [1.29, 1.82) is 0 Å². The Morgan fingerprint density at radius 3 is 2.86 bits per heavy atom. The number of aromatic nitrogens is 2. The number of hydrogen-bond acceptors (Lipinski definition) is 5. The third-order valence-corrected chi connectivity index (χ3v) is 3.89. The molecule has 116 valence electrons. The molecular formula is C15H17N3O3S. The molecule has 0 aromatic carbocycles. The standard InChI is InChI=1S/C15H17N3O3S/c1-15(2,3)17-13-12(10-5-4-6-21-10)16-14-18(13)9(8-22-14)7-11(19)20/h4-6,8,17H,7H2,1-3H3,(H,19,20). The third-order valence-electron chi connectivity index (χ3n) is 3.01. The van der Waals surface area contributed by atoms with Crippen LogP contribution >= 0.6 is 11.3 Å². The minimum absolute atomic E-state index is 0.0488. The van der Waals surface area contributed by atoms with Crippen LogP contribution in [0.2, 0.25) is 0 Å². The van der Waals surface area contributed by atoms with Crippen molar-refractivity contribution in [1.82, 2.24) is 9.38 Å². The van der Waals surface area contributed by atoms with Crippen LogP contribution in [0.3, 0.4) is 0 Å². The second-order valence-corrected chi connectivity index (χ2v) is 6.91. The molecule has 0 unspecified atom stereocenters. The highest BCUT2D eigenvalue weighted by molar-refractivity contribution is 7.15. The maximum absolute atomic E-state index is 11.1. The van der Waals surface area contributed by atoms with E-state index in [4.69, 9.17) is 9.52 Å². The zero-order valence-electron chi connectivity index (χ0n) is 12.6. The van der Waals surface area contributed by atoms with E-state index in [1.165, 1.54) is 11.3 Å². The van der Waals surface area contributed by atoms with Gasteiger partial charge in [-0.1, -0.05) is 0 Å². The molecule has 3 rings (SSSR count). The van der Waals surface area contributed by atoms with Crippen LogP contribution in [0.4, 0.5) is 5.82 Å². The van der Waals surface area contributed by atoms with E-state index in [0.29, 0.717) is 17.1 Å². The van der Waals surface area contributed by atoms with Crippen molar-refractivity contribution in [3.8, 4) is 11.5 Å². The fourth-order valence-electron chi connectivity index (χ4n) is 2.25. The molecule has 0 saturated carbocycles. The Kier molecular flexibility index (Phi) is 3.44. The van der Waals surface area contributed by atoms with E-state index in [0.717, 1.165) is 10.8 Å². The number of aliphatic carboxylic acids is 1. The van der Waals surface area contributed by atoms with E-state index in [9.17, 15) is 4.79 Å². The van der Waals surface area contributed by atoms with Gasteiger partial charge in [0.2, 0.25) is 0 Å². The van der Waals surface area contributed by atoms with Crippen LogP contribution in [0, 0.1) is 0 Å². The van der Waals surface area contributed by atoms with Gasteiger partial charge >= 0.3 is 5.97 Å². The molecule has 22 heavy (non-hydrogen) atoms. The van der Waals surface area contributed by atoms with Crippen LogP contribution in [0.25, 0.3) is 16.4 Å². The highest BCUT2D eigenvalue weighted by Crippen LogP contribution is 2.34. The SMILES string of the molecule is CC(C)(C)Nc1c(-c2ccco2)nc2scc(CC(=O)O)n12. The molecule has 2 N–H and O–H groups in total. The van der Waals surface area contributed by atoms with Gasteiger partial charge in [-0.05, 0) is 32.9 Å². The Morgan fingerprint density at radius 1 is 1.50 bits per heavy atom. The predicted octanol–water partition coefficient (Wildman–Crippen LogP) is 3.49. The van der Waals surface area contributed by atoms with Crippen molar-refractivity contribution >= 4 is 28.1 Å². The first-order valence-corrected chi connectivity index (χ1v) is 7.76. The molecule has 3 aromatic heterocycles. The van der Waals surface area contributed by atoms with Crippen molar-refractivity contribution in [3.63, 3.8) is 0 Å². The first kappa shape index (κ1) is 14.6. The Morgan fingerprint density at radius 2 is 2.27 bits per heavy atom. The minimum atomic E-state index is -0.866. The molecule has 0 aliphatic heterocycles. The monoisotopic (exact) mass is 319 g/mol. The van der Waals surface area contributed by atoms with Gasteiger partial charge in [-0.15, -0.1) is 11.3 Å². The number of nitrogens with one attached hydrogen (secondary N) is 1. The summed E-state index contributed by atoms with van der Waals surface area (Å²) in [7, 11) is 0. The van der Waals surface area contributed by atoms with Crippen molar-refractivity contribution < 1.29 is 14.3 Å². The topological polar surface area (TPSA) is 79.8 Å². The summed E-state index contributed by atoms with van der Waals surface area (Å²) in [6.45, 7) is 6.13. The molecule has 3 aromatic rings. The molecule has 7 heteroatoms. The molecule has 0 saturated heterocycles. The van der Waals surface area contributed by atoms with E-state index in [2.05, 4.69) is 10.3 Å². The van der Waals surface area contributed by atoms with Gasteiger partial charge in [-0.3, -0.25) is 9.20 Å². The summed E-state index contributed by atoms with van der Waals surface area (Å²) in [5.41, 5.74) is 1.20. The van der Waals surface area contributed by atoms with E-state index >= 15 is 0 Å². The van der Waals surface area contributed by atoms with Crippen molar-refractivity contribution in [2.24, 2.45) is 0 Å². The zero-order chi connectivity index (χ0) is 15.9. The molecular weight excluding hydrogens is 302 g/mol. The van der Waals surface area contributed by atoms with Crippen molar-refractivity contribution in [3.05, 3.63) is 29.5 Å². The largest absolute Gasteiger partial charge is 0.481 e. The van der Waals surface area contributed by atoms with Crippen LogP contribution in [-0.4, -0.2) is 26.0 Å². The lowest BCUT2D eigenvalue weighted by atomic mass is 10.1. The molecule has 0 spiro atoms. The number of thiazole rings is 1. The number of furan rings is 1. The first-order valence-electron chi connectivity index (χ1n) is 6.88. The summed E-state index contributed by atoms with van der Waals surface area (Å²) in [5, 5.41) is 14.3. The molecule has 0 amide bonds. The first-order chi connectivity index (χ1) is 10.3. The van der Waals surface area contributed by atoms with Crippen LogP contribution in [0.15, 0.2) is 28.2 Å². The lowest BCUT2D eigenvalue weighted by Gasteiger charge is -2.22. The molecule has 0 bridgehead atoms. The summed E-state index contributed by atoms with van der Waals surface area (Å²) in [6, 6.07) is 3.65. The van der Waals surface area contributed by atoms with E-state index < -0.39 is 5.97 Å². The Balaban J connectivity index is 2.21. The highest BCUT2D eigenvalue weighted by Gasteiger charge is 2.23. The zero-order valence-corrected chi connectivity index (χ0v) is 13.4. The van der Waals surface area contributed by atoms with E-state index in [1.54, 1.807) is 6.26 Å². The van der Waals surface area contributed by atoms with Crippen LogP contribution < -0.4 is 5.32 Å². The molecule has 6 nitrogen and oxygen atoms in total. The average Bonchev–Trinajstić information content (AvgIpc) is 3.06. The number of hydrogen-bond donors (Lipinski definition) is 2. The van der Waals surface area contributed by atoms with E-state index in [-0.39, 0.29) is 12.0 Å². The Bertz CT molecular complexity index is 809. The number of anilines is 1. The fourth-order valence-corrected chi connectivity index (χ4v) is 3.14. The van der Waals surface area contributed by atoms with Gasteiger partial charge in [0.15, 0.2) is 10.7 Å². The molecule has 0 radical (unpaired) electrons. The lowest BCUT2D eigenvalue weighted by Crippen LogP contribution is -2.27. The minimum Gasteiger partial charge on any atom is -0.481 e. The highest BCUT2D eigenvalue weighted by atomic mass is 32.1. The number of rotatable bonds is 4. The maximum Gasteiger partial charge on any atom is 0.309 e. The summed E-state index contributed by atoms with van der Waals surface area (Å²) in [4.78, 5) is 16.4. The summed E-state index contributed by atoms with van der Waals surface area (Å²) >= 11 is 1.42. The van der Waals surface area contributed by atoms with Gasteiger partial charge in [0.25, 0.3) is 0 Å². The molecule has 3 heterocycles. The van der Waals surface area contributed by atoms with Crippen molar-refractivity contribution in [2.45, 2.75) is 32.7 Å². The smallest absolute Gasteiger partial charge is 0.309 e. The maximum atomic E-state index is 11.1. The number of imidazole rings is 1. The summed E-state index contributed by atoms with van der Waals surface area (Å²) in [5.74, 6) is 0.550. The normalized spacial score (nSPS) is 12.0. The lowest BCUT2D eigenvalue weighted by molar-refractivity contribution is -0.136. The van der Waals surface area contributed by atoms with Gasteiger partial charge < -0.3 is 14.8 Å². The van der Waals surface area contributed by atoms with Gasteiger partial charge in [0.05, 0.1) is 12.7 Å². The molecule has 0 aliphatic carbocycles. The van der Waals surface area contributed by atoms with Gasteiger partial charge in [0.1, 0.15) is 11.5 Å². The quantitative estimate of drug-likeness (QED) is 0.769. The Hall–Kier alpha value is -2.28. The van der Waals surface area contributed by atoms with Crippen LogP contribution in [0.5, 0.6) is 0 Å². The number of carboxylic acid groups (broad SMARTS) is 1. The number of carboxylic acids is 1. The molecule has 0 atom stereocenters. The van der Waals surface area contributed by atoms with Gasteiger partial charge in [0, 0.05) is 16.6 Å². The van der Waals surface area contributed by atoms with Crippen LogP contribution in [0.1, 0.15) is 26.5 Å². The number of nitrogens with zero attached hydrogens (tertiary/aromatic N) is 2. The average molecular weight is 319 g/mol. The van der Waals surface area contributed by atoms with Gasteiger partial charge in [-0.25, -0.2) is 4.98 Å².